The lowest BCUT2D eigenvalue weighted by Crippen LogP contribution is -2.16. The highest BCUT2D eigenvalue weighted by Gasteiger charge is 2.18. The Morgan fingerprint density at radius 1 is 1.50 bits per heavy atom. The predicted octanol–water partition coefficient (Wildman–Crippen LogP) is 1.44. The number of hydrogen-bond acceptors (Lipinski definition) is 4. The Morgan fingerprint density at radius 3 is 2.72 bits per heavy atom. The number of rotatable bonds is 6. The summed E-state index contributed by atoms with van der Waals surface area (Å²) in [5.74, 6) is -1.96. The summed E-state index contributed by atoms with van der Waals surface area (Å²) in [5, 5.41) is 8.98. The molecule has 0 aromatic heterocycles. The molecule has 0 aliphatic rings. The van der Waals surface area contributed by atoms with Crippen LogP contribution in [0.1, 0.15) is 16.8 Å². The number of halogens is 1. The lowest BCUT2D eigenvalue weighted by Gasteiger charge is -2.13. The molecule has 100 valence electrons. The van der Waals surface area contributed by atoms with Crippen molar-refractivity contribution in [1.29, 1.82) is 0 Å². The molecule has 0 amide bonds. The average Bonchev–Trinajstić information content (AvgIpc) is 2.28. The van der Waals surface area contributed by atoms with E-state index in [0.717, 1.165) is 19.0 Å². The fourth-order valence-electron chi connectivity index (χ4n) is 1.48. The summed E-state index contributed by atoms with van der Waals surface area (Å²) >= 11 is 0. The van der Waals surface area contributed by atoms with Gasteiger partial charge in [0.2, 0.25) is 0 Å². The third kappa shape index (κ3) is 3.59. The number of ether oxygens (including phenoxy) is 1. The molecule has 0 saturated carbocycles. The summed E-state index contributed by atoms with van der Waals surface area (Å²) in [7, 11) is 3.86. The molecular formula is C12H17FN2O3. The minimum Gasteiger partial charge on any atom is -0.493 e. The molecule has 18 heavy (non-hydrogen) atoms. The molecule has 0 fully saturated rings. The van der Waals surface area contributed by atoms with E-state index in [4.69, 9.17) is 15.6 Å². The van der Waals surface area contributed by atoms with E-state index in [9.17, 15) is 9.18 Å². The van der Waals surface area contributed by atoms with Crippen molar-refractivity contribution in [2.75, 3.05) is 33.0 Å². The number of aromatic carboxylic acids is 1. The normalized spacial score (nSPS) is 10.7. The van der Waals surface area contributed by atoms with Crippen LogP contribution in [0.15, 0.2) is 12.1 Å². The molecule has 0 atom stereocenters. The van der Waals surface area contributed by atoms with Gasteiger partial charge in [-0.3, -0.25) is 0 Å². The molecular weight excluding hydrogens is 239 g/mol. The first-order chi connectivity index (χ1) is 8.43. The Labute approximate surface area is 105 Å². The van der Waals surface area contributed by atoms with Gasteiger partial charge in [0, 0.05) is 6.54 Å². The Morgan fingerprint density at radius 2 is 2.17 bits per heavy atom. The molecule has 1 rings (SSSR count). The molecule has 3 N–H and O–H groups in total. The molecule has 0 heterocycles. The van der Waals surface area contributed by atoms with Crippen LogP contribution < -0.4 is 10.5 Å². The number of hydrogen-bond donors (Lipinski definition) is 2. The van der Waals surface area contributed by atoms with Crippen LogP contribution in [0.25, 0.3) is 0 Å². The van der Waals surface area contributed by atoms with Crippen LogP contribution in [0.2, 0.25) is 0 Å². The van der Waals surface area contributed by atoms with Crippen LogP contribution in [0.3, 0.4) is 0 Å². The van der Waals surface area contributed by atoms with Crippen molar-refractivity contribution in [3.05, 3.63) is 23.5 Å². The maximum atomic E-state index is 13.2. The molecule has 0 unspecified atom stereocenters. The van der Waals surface area contributed by atoms with Crippen LogP contribution in [0.4, 0.5) is 10.1 Å². The van der Waals surface area contributed by atoms with Gasteiger partial charge < -0.3 is 20.5 Å². The van der Waals surface area contributed by atoms with Crippen molar-refractivity contribution in [1.82, 2.24) is 4.90 Å². The second-order valence-electron chi connectivity index (χ2n) is 4.14. The van der Waals surface area contributed by atoms with Crippen molar-refractivity contribution >= 4 is 11.7 Å². The number of benzene rings is 1. The number of nitrogens with zero attached hydrogens (tertiary/aromatic N) is 1. The monoisotopic (exact) mass is 256 g/mol. The predicted molar refractivity (Wildman–Crippen MR) is 66.4 cm³/mol. The molecule has 0 saturated heterocycles. The lowest BCUT2D eigenvalue weighted by atomic mass is 10.1. The van der Waals surface area contributed by atoms with Gasteiger partial charge >= 0.3 is 5.97 Å². The first kappa shape index (κ1) is 14.2. The maximum Gasteiger partial charge on any atom is 0.341 e. The number of carboxylic acid groups (broad SMARTS) is 1. The molecule has 0 aliphatic carbocycles. The van der Waals surface area contributed by atoms with Gasteiger partial charge in [-0.15, -0.1) is 0 Å². The van der Waals surface area contributed by atoms with Gasteiger partial charge in [0.15, 0.2) is 0 Å². The Balaban J connectivity index is 2.76. The first-order valence-corrected chi connectivity index (χ1v) is 5.52. The number of nitrogen functional groups attached to an aromatic ring is 1. The minimum atomic E-state index is -1.30. The first-order valence-electron chi connectivity index (χ1n) is 5.52. The highest BCUT2D eigenvalue weighted by molar-refractivity contribution is 5.96. The van der Waals surface area contributed by atoms with Crippen LogP contribution in [-0.4, -0.2) is 43.2 Å². The van der Waals surface area contributed by atoms with Crippen molar-refractivity contribution in [3.63, 3.8) is 0 Å². The molecule has 0 aliphatic heterocycles. The second-order valence-corrected chi connectivity index (χ2v) is 4.14. The molecule has 1 aromatic carbocycles. The highest BCUT2D eigenvalue weighted by Crippen LogP contribution is 2.27. The van der Waals surface area contributed by atoms with E-state index in [2.05, 4.69) is 0 Å². The van der Waals surface area contributed by atoms with Crippen LogP contribution in [0.5, 0.6) is 5.75 Å². The summed E-state index contributed by atoms with van der Waals surface area (Å²) in [5.41, 5.74) is 4.68. The average molecular weight is 256 g/mol. The standard InChI is InChI=1S/C12H17FN2O3/c1-15(2)6-3-7-18-9-5-4-8(13)11(14)10(9)12(16)17/h4-5H,3,6-7,14H2,1-2H3,(H,16,17). The summed E-state index contributed by atoms with van der Waals surface area (Å²) in [6.45, 7) is 1.17. The van der Waals surface area contributed by atoms with Gasteiger partial charge in [-0.05, 0) is 32.6 Å². The van der Waals surface area contributed by atoms with E-state index in [1.165, 1.54) is 6.07 Å². The molecule has 1 aromatic rings. The number of carbonyl (C=O) groups is 1. The zero-order chi connectivity index (χ0) is 13.7. The van der Waals surface area contributed by atoms with E-state index in [0.29, 0.717) is 6.61 Å². The minimum absolute atomic E-state index is 0.0974. The summed E-state index contributed by atoms with van der Waals surface area (Å²) in [4.78, 5) is 13.0. The van der Waals surface area contributed by atoms with Crippen molar-refractivity contribution in [2.45, 2.75) is 6.42 Å². The molecule has 6 heteroatoms. The zero-order valence-corrected chi connectivity index (χ0v) is 10.4. The number of nitrogens with two attached hydrogens (primary N) is 1. The maximum absolute atomic E-state index is 13.2. The zero-order valence-electron chi connectivity index (χ0n) is 10.4. The second kappa shape index (κ2) is 6.20. The van der Waals surface area contributed by atoms with E-state index >= 15 is 0 Å². The highest BCUT2D eigenvalue weighted by atomic mass is 19.1. The summed E-state index contributed by atoms with van der Waals surface area (Å²) in [6, 6.07) is 2.38. The Kier molecular flexibility index (Phi) is 4.91. The largest absolute Gasteiger partial charge is 0.493 e. The van der Waals surface area contributed by atoms with Gasteiger partial charge in [0.05, 0.1) is 12.3 Å². The van der Waals surface area contributed by atoms with Gasteiger partial charge in [-0.1, -0.05) is 0 Å². The van der Waals surface area contributed by atoms with E-state index < -0.39 is 17.5 Å². The topological polar surface area (TPSA) is 75.8 Å². The van der Waals surface area contributed by atoms with Crippen LogP contribution in [0, 0.1) is 5.82 Å². The quantitative estimate of drug-likeness (QED) is 0.595. The van der Waals surface area contributed by atoms with Crippen LogP contribution in [-0.2, 0) is 0 Å². The van der Waals surface area contributed by atoms with Crippen LogP contribution >= 0.6 is 0 Å². The number of anilines is 1. The Bertz CT molecular complexity index is 436. The van der Waals surface area contributed by atoms with E-state index in [-0.39, 0.29) is 11.3 Å². The van der Waals surface area contributed by atoms with Crippen molar-refractivity contribution < 1.29 is 19.0 Å². The van der Waals surface area contributed by atoms with E-state index in [1.807, 2.05) is 19.0 Å². The smallest absolute Gasteiger partial charge is 0.341 e. The van der Waals surface area contributed by atoms with Gasteiger partial charge in [-0.2, -0.15) is 0 Å². The molecule has 0 spiro atoms. The lowest BCUT2D eigenvalue weighted by molar-refractivity contribution is 0.0693. The Hall–Kier alpha value is -1.82. The van der Waals surface area contributed by atoms with Crippen molar-refractivity contribution in [2.24, 2.45) is 0 Å². The summed E-state index contributed by atoms with van der Waals surface area (Å²) < 4.78 is 18.5. The van der Waals surface area contributed by atoms with E-state index in [1.54, 1.807) is 0 Å². The van der Waals surface area contributed by atoms with Gasteiger partial charge in [0.25, 0.3) is 0 Å². The van der Waals surface area contributed by atoms with Gasteiger partial charge in [-0.25, -0.2) is 9.18 Å². The fraction of sp³-hybridized carbons (Fsp3) is 0.417. The third-order valence-corrected chi connectivity index (χ3v) is 2.38. The number of carboxylic acids is 1. The van der Waals surface area contributed by atoms with Gasteiger partial charge in [0.1, 0.15) is 17.1 Å². The summed E-state index contributed by atoms with van der Waals surface area (Å²) in [6.07, 6.45) is 0.739. The third-order valence-electron chi connectivity index (χ3n) is 2.38. The molecule has 0 bridgehead atoms. The molecule has 5 nitrogen and oxygen atoms in total. The molecule has 0 radical (unpaired) electrons. The fourth-order valence-corrected chi connectivity index (χ4v) is 1.48. The van der Waals surface area contributed by atoms with Crippen molar-refractivity contribution in [3.8, 4) is 5.75 Å². The SMILES string of the molecule is CN(C)CCCOc1ccc(F)c(N)c1C(=O)O.